The fourth-order valence-corrected chi connectivity index (χ4v) is 2.73. The third-order valence-corrected chi connectivity index (χ3v) is 3.90. The van der Waals surface area contributed by atoms with Crippen LogP contribution in [0.2, 0.25) is 0 Å². The molecule has 108 valence electrons. The molecule has 0 saturated heterocycles. The monoisotopic (exact) mass is 284 g/mol. The summed E-state index contributed by atoms with van der Waals surface area (Å²) >= 11 is 0. The van der Waals surface area contributed by atoms with Gasteiger partial charge >= 0.3 is 0 Å². The van der Waals surface area contributed by atoms with Crippen molar-refractivity contribution in [2.24, 2.45) is 0 Å². The lowest BCUT2D eigenvalue weighted by molar-refractivity contribution is 0.264. The van der Waals surface area contributed by atoms with Crippen LogP contribution in [-0.2, 0) is 5.41 Å². The number of nitrogens with one attached hydrogen (secondary N) is 1. The Balaban J connectivity index is 1.98. The minimum Gasteiger partial charge on any atom is -0.371 e. The van der Waals surface area contributed by atoms with E-state index in [1.165, 1.54) is 0 Å². The highest BCUT2D eigenvalue weighted by Gasteiger charge is 2.40. The van der Waals surface area contributed by atoms with Crippen LogP contribution >= 0.6 is 0 Å². The number of hydrogen-bond acceptors (Lipinski definition) is 7. The SMILES string of the molecule is CNc1nccnc1-c1noc(C2(C#N)CCCCC2)n1. The molecular weight excluding hydrogens is 268 g/mol. The molecule has 1 fully saturated rings. The molecule has 1 saturated carbocycles. The zero-order valence-electron chi connectivity index (χ0n) is 11.8. The summed E-state index contributed by atoms with van der Waals surface area (Å²) in [6.45, 7) is 0. The Hall–Kier alpha value is -2.49. The van der Waals surface area contributed by atoms with Crippen molar-refractivity contribution in [3.8, 4) is 17.6 Å². The summed E-state index contributed by atoms with van der Waals surface area (Å²) in [4.78, 5) is 12.8. The molecular formula is C14H16N6O. The van der Waals surface area contributed by atoms with Gasteiger partial charge in [0.05, 0.1) is 6.07 Å². The molecule has 0 unspecified atom stereocenters. The van der Waals surface area contributed by atoms with Crippen LogP contribution in [0.3, 0.4) is 0 Å². The zero-order chi connectivity index (χ0) is 14.7. The smallest absolute Gasteiger partial charge is 0.247 e. The predicted molar refractivity (Wildman–Crippen MR) is 75.2 cm³/mol. The lowest BCUT2D eigenvalue weighted by Crippen LogP contribution is -2.27. The summed E-state index contributed by atoms with van der Waals surface area (Å²) in [5.41, 5.74) is -0.121. The summed E-state index contributed by atoms with van der Waals surface area (Å²) in [5.74, 6) is 1.34. The molecule has 0 aliphatic heterocycles. The Labute approximate surface area is 122 Å². The van der Waals surface area contributed by atoms with Crippen molar-refractivity contribution in [1.29, 1.82) is 5.26 Å². The van der Waals surface area contributed by atoms with Crippen LogP contribution in [0.15, 0.2) is 16.9 Å². The third kappa shape index (κ3) is 2.33. The van der Waals surface area contributed by atoms with Crippen LogP contribution in [0.5, 0.6) is 0 Å². The lowest BCUT2D eigenvalue weighted by atomic mass is 9.75. The molecule has 1 aliphatic rings. The Morgan fingerprint density at radius 1 is 1.24 bits per heavy atom. The van der Waals surface area contributed by atoms with Gasteiger partial charge in [0.25, 0.3) is 0 Å². The summed E-state index contributed by atoms with van der Waals surface area (Å²) in [6, 6.07) is 2.38. The van der Waals surface area contributed by atoms with Crippen molar-refractivity contribution in [2.75, 3.05) is 12.4 Å². The van der Waals surface area contributed by atoms with Crippen LogP contribution in [0, 0.1) is 11.3 Å². The highest BCUT2D eigenvalue weighted by atomic mass is 16.5. The van der Waals surface area contributed by atoms with E-state index in [2.05, 4.69) is 31.5 Å². The highest BCUT2D eigenvalue weighted by molar-refractivity contribution is 5.64. The van der Waals surface area contributed by atoms with E-state index in [0.717, 1.165) is 32.1 Å². The maximum absolute atomic E-state index is 9.56. The maximum Gasteiger partial charge on any atom is 0.247 e. The van der Waals surface area contributed by atoms with E-state index < -0.39 is 5.41 Å². The van der Waals surface area contributed by atoms with E-state index in [4.69, 9.17) is 4.52 Å². The van der Waals surface area contributed by atoms with Crippen molar-refractivity contribution in [1.82, 2.24) is 20.1 Å². The largest absolute Gasteiger partial charge is 0.371 e. The van der Waals surface area contributed by atoms with Crippen molar-refractivity contribution in [2.45, 2.75) is 37.5 Å². The Morgan fingerprint density at radius 3 is 2.71 bits per heavy atom. The molecule has 7 heteroatoms. The molecule has 2 aromatic heterocycles. The van der Waals surface area contributed by atoms with Crippen molar-refractivity contribution < 1.29 is 4.52 Å². The van der Waals surface area contributed by atoms with Crippen molar-refractivity contribution >= 4 is 5.82 Å². The second-order valence-corrected chi connectivity index (χ2v) is 5.18. The third-order valence-electron chi connectivity index (χ3n) is 3.90. The summed E-state index contributed by atoms with van der Waals surface area (Å²) in [5, 5.41) is 16.5. The second-order valence-electron chi connectivity index (χ2n) is 5.18. The molecule has 1 aliphatic carbocycles. The quantitative estimate of drug-likeness (QED) is 0.922. The van der Waals surface area contributed by atoms with Crippen LogP contribution in [-0.4, -0.2) is 27.2 Å². The Kier molecular flexibility index (Phi) is 3.52. The van der Waals surface area contributed by atoms with Gasteiger partial charge in [-0.15, -0.1) is 0 Å². The average Bonchev–Trinajstić information content (AvgIpc) is 3.06. The summed E-state index contributed by atoms with van der Waals surface area (Å²) in [7, 11) is 1.76. The molecule has 0 amide bonds. The van der Waals surface area contributed by atoms with Gasteiger partial charge in [-0.1, -0.05) is 24.4 Å². The lowest BCUT2D eigenvalue weighted by Gasteiger charge is -2.26. The van der Waals surface area contributed by atoms with Gasteiger partial charge in [0.2, 0.25) is 11.7 Å². The number of rotatable bonds is 3. The van der Waals surface area contributed by atoms with Gasteiger partial charge < -0.3 is 9.84 Å². The van der Waals surface area contributed by atoms with Crippen molar-refractivity contribution in [3.63, 3.8) is 0 Å². The van der Waals surface area contributed by atoms with E-state index in [1.807, 2.05) is 0 Å². The van der Waals surface area contributed by atoms with Gasteiger partial charge in [0, 0.05) is 19.4 Å². The molecule has 0 radical (unpaired) electrons. The number of nitrogens with zero attached hydrogens (tertiary/aromatic N) is 5. The predicted octanol–water partition coefficient (Wildman–Crippen LogP) is 2.29. The standard InChI is InChI=1S/C14H16N6O/c1-16-11-10(17-7-8-18-11)12-19-13(21-20-12)14(9-15)5-3-2-4-6-14/h7-8H,2-6H2,1H3,(H,16,18). The van der Waals surface area contributed by atoms with Crippen LogP contribution < -0.4 is 5.32 Å². The number of hydrogen-bond donors (Lipinski definition) is 1. The van der Waals surface area contributed by atoms with Crippen LogP contribution in [0.1, 0.15) is 38.0 Å². The van der Waals surface area contributed by atoms with Gasteiger partial charge in [0.15, 0.2) is 11.5 Å². The molecule has 0 bridgehead atoms. The van der Waals surface area contributed by atoms with E-state index in [-0.39, 0.29) is 0 Å². The number of anilines is 1. The first-order valence-electron chi connectivity index (χ1n) is 7.04. The molecule has 1 N–H and O–H groups in total. The normalized spacial score (nSPS) is 17.1. The van der Waals surface area contributed by atoms with E-state index >= 15 is 0 Å². The number of nitriles is 1. The second kappa shape index (κ2) is 5.48. The molecule has 0 spiro atoms. The zero-order valence-corrected chi connectivity index (χ0v) is 11.8. The Bertz CT molecular complexity index is 668. The molecule has 7 nitrogen and oxygen atoms in total. The molecule has 0 aromatic carbocycles. The first kappa shape index (κ1) is 13.5. The molecule has 21 heavy (non-hydrogen) atoms. The minimum atomic E-state index is -0.647. The van der Waals surface area contributed by atoms with Gasteiger partial charge in [-0.25, -0.2) is 9.97 Å². The van der Waals surface area contributed by atoms with E-state index in [9.17, 15) is 5.26 Å². The van der Waals surface area contributed by atoms with Crippen LogP contribution in [0.4, 0.5) is 5.82 Å². The maximum atomic E-state index is 9.56. The summed E-state index contributed by atoms with van der Waals surface area (Å²) in [6.07, 6.45) is 7.88. The molecule has 3 rings (SSSR count). The topological polar surface area (TPSA) is 101 Å². The van der Waals surface area contributed by atoms with Gasteiger partial charge in [0.1, 0.15) is 5.41 Å². The molecule has 2 heterocycles. The first-order chi connectivity index (χ1) is 10.3. The molecule has 0 atom stereocenters. The van der Waals surface area contributed by atoms with Gasteiger partial charge in [-0.05, 0) is 12.8 Å². The molecule has 2 aromatic rings. The minimum absolute atomic E-state index is 0.364. The summed E-state index contributed by atoms with van der Waals surface area (Å²) < 4.78 is 5.37. The first-order valence-corrected chi connectivity index (χ1v) is 7.04. The van der Waals surface area contributed by atoms with Gasteiger partial charge in [-0.3, -0.25) is 0 Å². The average molecular weight is 284 g/mol. The van der Waals surface area contributed by atoms with Gasteiger partial charge in [-0.2, -0.15) is 10.2 Å². The number of aromatic nitrogens is 4. The fraction of sp³-hybridized carbons (Fsp3) is 0.500. The van der Waals surface area contributed by atoms with E-state index in [0.29, 0.717) is 23.2 Å². The highest BCUT2D eigenvalue weighted by Crippen LogP contribution is 2.38. The van der Waals surface area contributed by atoms with Crippen LogP contribution in [0.25, 0.3) is 11.5 Å². The fourth-order valence-electron chi connectivity index (χ4n) is 2.73. The van der Waals surface area contributed by atoms with Crippen molar-refractivity contribution in [3.05, 3.63) is 18.3 Å². The van der Waals surface area contributed by atoms with E-state index in [1.54, 1.807) is 19.4 Å². The Morgan fingerprint density at radius 2 is 2.00 bits per heavy atom.